The largest absolute Gasteiger partial charge is 0.0651 e. The van der Waals surface area contributed by atoms with Gasteiger partial charge in [-0.2, -0.15) is 0 Å². The second kappa shape index (κ2) is 3.25. The molecule has 0 amide bonds. The maximum absolute atomic E-state index is 2.50. The molecule has 0 heterocycles. The van der Waals surface area contributed by atoms with Crippen LogP contribution in [0.2, 0.25) is 0 Å². The van der Waals surface area contributed by atoms with Gasteiger partial charge in [-0.1, -0.05) is 41.0 Å². The van der Waals surface area contributed by atoms with Gasteiger partial charge in [0.25, 0.3) is 0 Å². The van der Waals surface area contributed by atoms with E-state index in [0.717, 1.165) is 35.0 Å². The van der Waals surface area contributed by atoms with Gasteiger partial charge in [-0.25, -0.2) is 0 Å². The molecule has 2 saturated carbocycles. The molecule has 82 valence electrons. The highest BCUT2D eigenvalue weighted by molar-refractivity contribution is 5.24. The summed E-state index contributed by atoms with van der Waals surface area (Å²) in [4.78, 5) is 0. The molecular formula is C14H26. The Morgan fingerprint density at radius 2 is 1.86 bits per heavy atom. The predicted octanol–water partition coefficient (Wildman–Crippen LogP) is 4.35. The van der Waals surface area contributed by atoms with Crippen LogP contribution in [0.3, 0.4) is 0 Å². The molecule has 0 saturated heterocycles. The number of fused-ring (bicyclic) bond motifs is 1. The van der Waals surface area contributed by atoms with Crippen molar-refractivity contribution in [1.29, 1.82) is 0 Å². The third-order valence-electron chi connectivity index (χ3n) is 5.28. The van der Waals surface area contributed by atoms with Gasteiger partial charge in [0.2, 0.25) is 0 Å². The lowest BCUT2D eigenvalue weighted by Crippen LogP contribution is -2.16. The van der Waals surface area contributed by atoms with Gasteiger partial charge in [-0.15, -0.1) is 0 Å². The molecule has 0 aliphatic heterocycles. The number of hydrogen-bond donors (Lipinski definition) is 0. The van der Waals surface area contributed by atoms with Crippen LogP contribution in [0.25, 0.3) is 0 Å². The smallest absolute Gasteiger partial charge is 0.0258 e. The maximum atomic E-state index is 2.50. The van der Waals surface area contributed by atoms with Gasteiger partial charge < -0.3 is 0 Å². The molecule has 2 aliphatic rings. The summed E-state index contributed by atoms with van der Waals surface area (Å²) in [5.74, 6) is 5.09. The van der Waals surface area contributed by atoms with Crippen LogP contribution in [0.4, 0.5) is 0 Å². The van der Waals surface area contributed by atoms with Gasteiger partial charge in [-0.05, 0) is 47.8 Å². The molecule has 0 heteroatoms. The number of rotatable bonds is 5. The summed E-state index contributed by atoms with van der Waals surface area (Å²) in [6, 6.07) is 0. The van der Waals surface area contributed by atoms with E-state index < -0.39 is 0 Å². The van der Waals surface area contributed by atoms with Crippen LogP contribution < -0.4 is 0 Å². The normalized spacial score (nSPS) is 43.3. The average molecular weight is 194 g/mol. The molecule has 0 N–H and O–H groups in total. The summed E-state index contributed by atoms with van der Waals surface area (Å²) >= 11 is 0. The fraction of sp³-hybridized carbons (Fsp3) is 1.00. The summed E-state index contributed by atoms with van der Waals surface area (Å²) in [7, 11) is 0. The molecule has 0 spiro atoms. The van der Waals surface area contributed by atoms with Crippen molar-refractivity contribution in [2.75, 3.05) is 0 Å². The lowest BCUT2D eigenvalue weighted by molar-refractivity contribution is 0.245. The minimum absolute atomic E-state index is 0.831. The molecule has 5 unspecified atom stereocenters. The molecule has 2 rings (SSSR count). The molecule has 0 bridgehead atoms. The Bertz CT molecular complexity index is 218. The van der Waals surface area contributed by atoms with E-state index >= 15 is 0 Å². The van der Waals surface area contributed by atoms with Crippen molar-refractivity contribution in [2.45, 2.75) is 53.9 Å². The zero-order chi connectivity index (χ0) is 10.5. The van der Waals surface area contributed by atoms with Crippen molar-refractivity contribution in [3.63, 3.8) is 0 Å². The Hall–Kier alpha value is 0. The Balaban J connectivity index is 1.83. The van der Waals surface area contributed by atoms with Crippen LogP contribution in [0.15, 0.2) is 0 Å². The SMILES string of the molecule is CCC(CC(C)C(C)C)C1C2CC21C. The van der Waals surface area contributed by atoms with E-state index in [4.69, 9.17) is 0 Å². The second-order valence-electron chi connectivity index (χ2n) is 6.47. The van der Waals surface area contributed by atoms with Crippen molar-refractivity contribution in [2.24, 2.45) is 35.0 Å². The fourth-order valence-electron chi connectivity index (χ4n) is 3.40. The topological polar surface area (TPSA) is 0 Å². The van der Waals surface area contributed by atoms with E-state index in [2.05, 4.69) is 34.6 Å². The fourth-order valence-corrected chi connectivity index (χ4v) is 3.40. The number of hydrogen-bond acceptors (Lipinski definition) is 0. The van der Waals surface area contributed by atoms with E-state index in [1.807, 2.05) is 0 Å². The quantitative estimate of drug-likeness (QED) is 0.610. The predicted molar refractivity (Wildman–Crippen MR) is 62.1 cm³/mol. The Kier molecular flexibility index (Phi) is 2.44. The zero-order valence-corrected chi connectivity index (χ0v) is 10.5. The Labute approximate surface area is 89.5 Å². The van der Waals surface area contributed by atoms with Gasteiger partial charge in [0, 0.05) is 0 Å². The first-order chi connectivity index (χ1) is 6.50. The van der Waals surface area contributed by atoms with Crippen molar-refractivity contribution in [1.82, 2.24) is 0 Å². The van der Waals surface area contributed by atoms with E-state index in [-0.39, 0.29) is 0 Å². The molecule has 0 radical (unpaired) electrons. The lowest BCUT2D eigenvalue weighted by Gasteiger charge is -2.25. The van der Waals surface area contributed by atoms with Crippen LogP contribution in [0.5, 0.6) is 0 Å². The Morgan fingerprint density at radius 3 is 2.14 bits per heavy atom. The van der Waals surface area contributed by atoms with Gasteiger partial charge in [0.05, 0.1) is 0 Å². The van der Waals surface area contributed by atoms with Crippen LogP contribution in [0.1, 0.15) is 53.9 Å². The molecule has 14 heavy (non-hydrogen) atoms. The van der Waals surface area contributed by atoms with Crippen molar-refractivity contribution >= 4 is 0 Å². The highest BCUT2D eigenvalue weighted by Crippen LogP contribution is 2.82. The molecule has 0 aromatic heterocycles. The minimum Gasteiger partial charge on any atom is -0.0651 e. The summed E-state index contributed by atoms with van der Waals surface area (Å²) in [5.41, 5.74) is 0.831. The molecule has 5 atom stereocenters. The minimum atomic E-state index is 0.831. The highest BCUT2D eigenvalue weighted by Gasteiger charge is 2.76. The van der Waals surface area contributed by atoms with Crippen LogP contribution in [-0.2, 0) is 0 Å². The van der Waals surface area contributed by atoms with Gasteiger partial charge in [0.15, 0.2) is 0 Å². The van der Waals surface area contributed by atoms with Crippen LogP contribution in [0, 0.1) is 35.0 Å². The van der Waals surface area contributed by atoms with Gasteiger partial charge in [0.1, 0.15) is 0 Å². The second-order valence-corrected chi connectivity index (χ2v) is 6.47. The molecule has 0 aromatic rings. The average Bonchev–Trinajstić information content (AvgIpc) is 2.91. The first-order valence-corrected chi connectivity index (χ1v) is 6.50. The summed E-state index contributed by atoms with van der Waals surface area (Å²) in [6.07, 6.45) is 4.43. The van der Waals surface area contributed by atoms with E-state index in [0.29, 0.717) is 0 Å². The van der Waals surface area contributed by atoms with E-state index in [1.165, 1.54) is 12.8 Å². The zero-order valence-electron chi connectivity index (χ0n) is 10.5. The molecule has 2 fully saturated rings. The van der Waals surface area contributed by atoms with Crippen LogP contribution in [-0.4, -0.2) is 0 Å². The third kappa shape index (κ3) is 1.51. The molecule has 2 aliphatic carbocycles. The van der Waals surface area contributed by atoms with Crippen molar-refractivity contribution in [3.8, 4) is 0 Å². The summed E-state index contributed by atoms with van der Waals surface area (Å²) in [6.45, 7) is 12.1. The standard InChI is InChI=1S/C14H26/c1-6-11(7-10(4)9(2)3)13-12-8-14(12,13)5/h9-13H,6-8H2,1-5H3. The van der Waals surface area contributed by atoms with Crippen molar-refractivity contribution in [3.05, 3.63) is 0 Å². The first kappa shape index (κ1) is 10.5. The van der Waals surface area contributed by atoms with Crippen molar-refractivity contribution < 1.29 is 0 Å². The van der Waals surface area contributed by atoms with Gasteiger partial charge >= 0.3 is 0 Å². The molecule has 0 aromatic carbocycles. The van der Waals surface area contributed by atoms with Crippen LogP contribution >= 0.6 is 0 Å². The Morgan fingerprint density at radius 1 is 1.29 bits per heavy atom. The first-order valence-electron chi connectivity index (χ1n) is 6.50. The third-order valence-corrected chi connectivity index (χ3v) is 5.28. The summed E-state index contributed by atoms with van der Waals surface area (Å²) in [5, 5.41) is 0. The summed E-state index contributed by atoms with van der Waals surface area (Å²) < 4.78 is 0. The monoisotopic (exact) mass is 194 g/mol. The van der Waals surface area contributed by atoms with Gasteiger partial charge in [-0.3, -0.25) is 0 Å². The van der Waals surface area contributed by atoms with E-state index in [9.17, 15) is 0 Å². The maximum Gasteiger partial charge on any atom is -0.0258 e. The molecular weight excluding hydrogens is 168 g/mol. The molecule has 0 nitrogen and oxygen atoms in total. The lowest BCUT2D eigenvalue weighted by atomic mass is 9.80. The van der Waals surface area contributed by atoms with E-state index in [1.54, 1.807) is 6.42 Å². The highest BCUT2D eigenvalue weighted by atomic mass is 14.8.